The lowest BCUT2D eigenvalue weighted by Crippen LogP contribution is -2.53. The van der Waals surface area contributed by atoms with E-state index in [0.717, 1.165) is 25.9 Å². The highest BCUT2D eigenvalue weighted by molar-refractivity contribution is 6.21. The number of rotatable bonds is 0. The monoisotopic (exact) mass is 207 g/mol. The Hall–Kier alpha value is -1.20. The molecule has 3 rings (SSSR count). The van der Waals surface area contributed by atoms with Crippen molar-refractivity contribution >= 4 is 11.8 Å². The minimum absolute atomic E-state index is 0.193. The van der Waals surface area contributed by atoms with E-state index in [1.54, 1.807) is 0 Å². The second kappa shape index (κ2) is 2.90. The van der Waals surface area contributed by atoms with Gasteiger partial charge in [-0.1, -0.05) is 0 Å². The third kappa shape index (κ3) is 1.10. The second-order valence-corrected chi connectivity index (χ2v) is 4.32. The number of fused-ring (bicyclic) bond motifs is 1. The van der Waals surface area contributed by atoms with Crippen molar-refractivity contribution in [2.24, 2.45) is 0 Å². The normalized spacial score (nSPS) is 28.5. The molecular weight excluding hydrogens is 194 g/mol. The zero-order chi connectivity index (χ0) is 10.5. The summed E-state index contributed by atoms with van der Waals surface area (Å²) in [5.74, 6) is -0.403. The number of hydrogen-bond acceptors (Lipinski definition) is 4. The number of nitrogens with one attached hydrogen (secondary N) is 3. The molecule has 3 N–H and O–H groups in total. The van der Waals surface area contributed by atoms with Crippen molar-refractivity contribution in [3.05, 3.63) is 11.1 Å². The van der Waals surface area contributed by atoms with Gasteiger partial charge >= 0.3 is 0 Å². The lowest BCUT2D eigenvalue weighted by molar-refractivity contribution is -0.124. The van der Waals surface area contributed by atoms with Crippen molar-refractivity contribution in [3.63, 3.8) is 0 Å². The number of amides is 2. The zero-order valence-corrected chi connectivity index (χ0v) is 8.35. The molecule has 0 saturated carbocycles. The van der Waals surface area contributed by atoms with Gasteiger partial charge in [0.2, 0.25) is 0 Å². The summed E-state index contributed by atoms with van der Waals surface area (Å²) in [4.78, 5) is 23.1. The topological polar surface area (TPSA) is 70.2 Å². The van der Waals surface area contributed by atoms with Gasteiger partial charge in [-0.25, -0.2) is 0 Å². The third-order valence-electron chi connectivity index (χ3n) is 3.57. The van der Waals surface area contributed by atoms with Crippen LogP contribution in [0.3, 0.4) is 0 Å². The van der Waals surface area contributed by atoms with Gasteiger partial charge in [0.1, 0.15) is 0 Å². The Morgan fingerprint density at radius 1 is 1.07 bits per heavy atom. The van der Waals surface area contributed by atoms with Crippen LogP contribution in [0.25, 0.3) is 0 Å². The number of piperidine rings is 1. The molecule has 5 heteroatoms. The highest BCUT2D eigenvalue weighted by Gasteiger charge is 2.49. The molecule has 3 aliphatic heterocycles. The molecule has 1 fully saturated rings. The summed E-state index contributed by atoms with van der Waals surface area (Å²) in [6.07, 6.45) is 1.76. The number of imide groups is 1. The number of carbonyl (C=O) groups excluding carboxylic acids is 2. The third-order valence-corrected chi connectivity index (χ3v) is 3.57. The van der Waals surface area contributed by atoms with Gasteiger partial charge in [0.05, 0.1) is 5.54 Å². The zero-order valence-electron chi connectivity index (χ0n) is 8.35. The Kier molecular flexibility index (Phi) is 1.75. The van der Waals surface area contributed by atoms with Crippen LogP contribution < -0.4 is 16.0 Å². The first-order valence-electron chi connectivity index (χ1n) is 5.28. The maximum absolute atomic E-state index is 11.7. The Morgan fingerprint density at radius 2 is 1.80 bits per heavy atom. The molecule has 0 bridgehead atoms. The summed E-state index contributed by atoms with van der Waals surface area (Å²) in [7, 11) is 0. The smallest absolute Gasteiger partial charge is 0.256 e. The Balaban J connectivity index is 2.03. The van der Waals surface area contributed by atoms with Gasteiger partial charge in [-0.15, -0.1) is 0 Å². The fraction of sp³-hybridized carbons (Fsp3) is 0.600. The van der Waals surface area contributed by atoms with Crippen molar-refractivity contribution in [2.45, 2.75) is 18.4 Å². The van der Waals surface area contributed by atoms with E-state index in [-0.39, 0.29) is 17.4 Å². The van der Waals surface area contributed by atoms with Crippen LogP contribution in [0.2, 0.25) is 0 Å². The molecule has 1 spiro atoms. The second-order valence-electron chi connectivity index (χ2n) is 4.32. The standard InChI is InChI=1S/C10H13N3O2/c14-8-6-5-12-10(1-3-11-4-2-10)7(6)9(15)13-8/h11-12H,1-5H2,(H,13,14,15). The van der Waals surface area contributed by atoms with Gasteiger partial charge in [-0.2, -0.15) is 0 Å². The van der Waals surface area contributed by atoms with E-state index in [1.165, 1.54) is 0 Å². The molecule has 0 aromatic carbocycles. The number of carbonyl (C=O) groups is 2. The summed E-state index contributed by atoms with van der Waals surface area (Å²) in [5.41, 5.74) is 1.12. The Morgan fingerprint density at radius 3 is 2.53 bits per heavy atom. The average molecular weight is 207 g/mol. The van der Waals surface area contributed by atoms with Crippen molar-refractivity contribution in [1.29, 1.82) is 0 Å². The highest BCUT2D eigenvalue weighted by Crippen LogP contribution is 2.36. The molecule has 0 unspecified atom stereocenters. The van der Waals surface area contributed by atoms with Crippen LogP contribution in [0.4, 0.5) is 0 Å². The Bertz CT molecular complexity index is 380. The van der Waals surface area contributed by atoms with Crippen LogP contribution in [-0.2, 0) is 9.59 Å². The van der Waals surface area contributed by atoms with E-state index in [2.05, 4.69) is 16.0 Å². The first-order chi connectivity index (χ1) is 7.23. The van der Waals surface area contributed by atoms with E-state index in [0.29, 0.717) is 17.7 Å². The first-order valence-corrected chi connectivity index (χ1v) is 5.28. The van der Waals surface area contributed by atoms with E-state index < -0.39 is 0 Å². The molecule has 2 amide bonds. The van der Waals surface area contributed by atoms with Crippen LogP contribution in [-0.4, -0.2) is 37.0 Å². The van der Waals surface area contributed by atoms with E-state index in [9.17, 15) is 9.59 Å². The first kappa shape index (κ1) is 9.06. The molecule has 5 nitrogen and oxygen atoms in total. The predicted octanol–water partition coefficient (Wildman–Crippen LogP) is -1.34. The maximum Gasteiger partial charge on any atom is 0.256 e. The van der Waals surface area contributed by atoms with Crippen LogP contribution in [0.1, 0.15) is 12.8 Å². The molecule has 1 saturated heterocycles. The van der Waals surface area contributed by atoms with Crippen molar-refractivity contribution in [3.8, 4) is 0 Å². The summed E-state index contributed by atoms with van der Waals surface area (Å²) in [6, 6.07) is 0. The summed E-state index contributed by atoms with van der Waals surface area (Å²) < 4.78 is 0. The number of hydrogen-bond donors (Lipinski definition) is 3. The molecule has 0 atom stereocenters. The van der Waals surface area contributed by atoms with Gasteiger partial charge in [-0.3, -0.25) is 14.9 Å². The molecule has 0 aromatic rings. The van der Waals surface area contributed by atoms with Crippen molar-refractivity contribution in [1.82, 2.24) is 16.0 Å². The highest BCUT2D eigenvalue weighted by atomic mass is 16.2. The van der Waals surface area contributed by atoms with Crippen LogP contribution in [0.15, 0.2) is 11.1 Å². The minimum Gasteiger partial charge on any atom is -0.317 e. The van der Waals surface area contributed by atoms with Crippen LogP contribution >= 0.6 is 0 Å². The van der Waals surface area contributed by atoms with Crippen LogP contribution in [0.5, 0.6) is 0 Å². The molecule has 3 aliphatic rings. The molecule has 80 valence electrons. The van der Waals surface area contributed by atoms with Gasteiger partial charge in [0.15, 0.2) is 0 Å². The summed E-state index contributed by atoms with van der Waals surface area (Å²) >= 11 is 0. The lowest BCUT2D eigenvalue weighted by atomic mass is 9.82. The molecule has 0 aromatic heterocycles. The molecular formula is C10H13N3O2. The van der Waals surface area contributed by atoms with Gasteiger partial charge in [-0.05, 0) is 25.9 Å². The van der Waals surface area contributed by atoms with E-state index >= 15 is 0 Å². The fourth-order valence-electron chi connectivity index (χ4n) is 2.79. The molecule has 15 heavy (non-hydrogen) atoms. The minimum atomic E-state index is -0.239. The van der Waals surface area contributed by atoms with E-state index in [4.69, 9.17) is 0 Å². The quantitative estimate of drug-likeness (QED) is 0.430. The fourth-order valence-corrected chi connectivity index (χ4v) is 2.79. The van der Waals surface area contributed by atoms with Crippen molar-refractivity contribution in [2.75, 3.05) is 19.6 Å². The van der Waals surface area contributed by atoms with Crippen LogP contribution in [0, 0.1) is 0 Å². The predicted molar refractivity (Wildman–Crippen MR) is 53.0 cm³/mol. The molecule has 0 radical (unpaired) electrons. The summed E-state index contributed by atoms with van der Waals surface area (Å²) in [6.45, 7) is 2.32. The van der Waals surface area contributed by atoms with Crippen molar-refractivity contribution < 1.29 is 9.59 Å². The average Bonchev–Trinajstić information content (AvgIpc) is 2.71. The Labute approximate surface area is 87.3 Å². The molecule has 0 aliphatic carbocycles. The van der Waals surface area contributed by atoms with Gasteiger partial charge in [0.25, 0.3) is 11.8 Å². The maximum atomic E-state index is 11.7. The van der Waals surface area contributed by atoms with E-state index in [1.807, 2.05) is 0 Å². The SMILES string of the molecule is O=C1NC(=O)C2=C1CNC21CCNCC1. The lowest BCUT2D eigenvalue weighted by Gasteiger charge is -2.35. The van der Waals surface area contributed by atoms with Gasteiger partial charge < -0.3 is 10.6 Å². The molecule has 3 heterocycles. The largest absolute Gasteiger partial charge is 0.317 e. The summed E-state index contributed by atoms with van der Waals surface area (Å²) in [5, 5.41) is 8.98. The van der Waals surface area contributed by atoms with Gasteiger partial charge in [0, 0.05) is 17.7 Å².